The molecule has 8 nitrogen and oxygen atoms in total. The predicted molar refractivity (Wildman–Crippen MR) is 82.5 cm³/mol. The molecule has 0 heterocycles. The highest BCUT2D eigenvalue weighted by Crippen LogP contribution is 2.14. The monoisotopic (exact) mass is 321 g/mol. The molecule has 1 rings (SSSR count). The van der Waals surface area contributed by atoms with Crippen LogP contribution in [0.5, 0.6) is 0 Å². The van der Waals surface area contributed by atoms with Crippen molar-refractivity contribution in [3.05, 3.63) is 29.8 Å². The molecule has 124 valence electrons. The zero-order valence-corrected chi connectivity index (χ0v) is 13.1. The fourth-order valence-electron chi connectivity index (χ4n) is 1.76. The second-order valence-electron chi connectivity index (χ2n) is 5.18. The Labute approximate surface area is 133 Å². The van der Waals surface area contributed by atoms with Crippen LogP contribution in [0.25, 0.3) is 0 Å². The van der Waals surface area contributed by atoms with Crippen LogP contribution in [0, 0.1) is 5.92 Å². The van der Waals surface area contributed by atoms with Gasteiger partial charge < -0.3 is 15.8 Å². The Hall–Kier alpha value is -2.90. The van der Waals surface area contributed by atoms with Gasteiger partial charge >= 0.3 is 12.0 Å². The van der Waals surface area contributed by atoms with Crippen LogP contribution >= 0.6 is 0 Å². The molecule has 0 aliphatic rings. The van der Waals surface area contributed by atoms with Crippen molar-refractivity contribution < 1.29 is 23.9 Å². The van der Waals surface area contributed by atoms with Gasteiger partial charge in [0.15, 0.2) is 6.10 Å². The number of hydrogen-bond donors (Lipinski definition) is 3. The molecule has 4 N–H and O–H groups in total. The first-order valence-electron chi connectivity index (χ1n) is 6.89. The van der Waals surface area contributed by atoms with E-state index in [9.17, 15) is 19.2 Å². The SMILES string of the molecule is CC(=O)Nc1ccc(C(=O)O[C@H](C(=O)NC(N)=O)C(C)C)cc1. The molecule has 0 spiro atoms. The highest BCUT2D eigenvalue weighted by Gasteiger charge is 2.27. The molecule has 0 aliphatic carbocycles. The first-order chi connectivity index (χ1) is 10.7. The topological polar surface area (TPSA) is 128 Å². The Balaban J connectivity index is 2.80. The van der Waals surface area contributed by atoms with Crippen LogP contribution in [0.2, 0.25) is 0 Å². The Morgan fingerprint density at radius 2 is 1.65 bits per heavy atom. The second kappa shape index (κ2) is 7.92. The van der Waals surface area contributed by atoms with Gasteiger partial charge in [-0.1, -0.05) is 13.8 Å². The number of benzene rings is 1. The smallest absolute Gasteiger partial charge is 0.338 e. The van der Waals surface area contributed by atoms with Crippen LogP contribution in [-0.2, 0) is 14.3 Å². The number of carbonyl (C=O) groups is 4. The number of nitrogens with one attached hydrogen (secondary N) is 2. The maximum atomic E-state index is 12.1. The molecule has 0 fully saturated rings. The molecule has 0 aromatic heterocycles. The van der Waals surface area contributed by atoms with Crippen molar-refractivity contribution in [1.82, 2.24) is 5.32 Å². The number of nitrogens with two attached hydrogens (primary N) is 1. The van der Waals surface area contributed by atoms with Crippen molar-refractivity contribution in [2.75, 3.05) is 5.32 Å². The van der Waals surface area contributed by atoms with E-state index < -0.39 is 24.0 Å². The Morgan fingerprint density at radius 3 is 2.09 bits per heavy atom. The molecule has 0 saturated heterocycles. The lowest BCUT2D eigenvalue weighted by Gasteiger charge is -2.19. The number of urea groups is 1. The van der Waals surface area contributed by atoms with Crippen LogP contribution < -0.4 is 16.4 Å². The molecular weight excluding hydrogens is 302 g/mol. The van der Waals surface area contributed by atoms with Crippen molar-refractivity contribution >= 4 is 29.5 Å². The number of anilines is 1. The molecule has 0 saturated carbocycles. The lowest BCUT2D eigenvalue weighted by Crippen LogP contribution is -2.45. The fourth-order valence-corrected chi connectivity index (χ4v) is 1.76. The van der Waals surface area contributed by atoms with E-state index in [1.165, 1.54) is 31.2 Å². The Bertz CT molecular complexity index is 610. The summed E-state index contributed by atoms with van der Waals surface area (Å²) in [5.74, 6) is -2.09. The molecule has 0 bridgehead atoms. The quantitative estimate of drug-likeness (QED) is 0.698. The maximum Gasteiger partial charge on any atom is 0.338 e. The van der Waals surface area contributed by atoms with Crippen molar-refractivity contribution in [3.8, 4) is 0 Å². The first-order valence-corrected chi connectivity index (χ1v) is 6.89. The van der Waals surface area contributed by atoms with Crippen molar-refractivity contribution in [3.63, 3.8) is 0 Å². The summed E-state index contributed by atoms with van der Waals surface area (Å²) in [6, 6.07) is 4.96. The molecular formula is C15H19N3O5. The van der Waals surface area contributed by atoms with E-state index in [1.54, 1.807) is 13.8 Å². The summed E-state index contributed by atoms with van der Waals surface area (Å²) in [6.07, 6.45) is -1.15. The Morgan fingerprint density at radius 1 is 1.09 bits per heavy atom. The van der Waals surface area contributed by atoms with Crippen LogP contribution in [0.15, 0.2) is 24.3 Å². The third-order valence-electron chi connectivity index (χ3n) is 2.79. The molecule has 0 unspecified atom stereocenters. The van der Waals surface area contributed by atoms with Crippen LogP contribution in [0.1, 0.15) is 31.1 Å². The summed E-state index contributed by atoms with van der Waals surface area (Å²) < 4.78 is 5.14. The minimum Gasteiger partial charge on any atom is -0.448 e. The summed E-state index contributed by atoms with van der Waals surface area (Å²) in [7, 11) is 0. The maximum absolute atomic E-state index is 12.1. The first kappa shape index (κ1) is 18.1. The van der Waals surface area contributed by atoms with E-state index in [0.29, 0.717) is 5.69 Å². The number of carbonyl (C=O) groups excluding carboxylic acids is 4. The van der Waals surface area contributed by atoms with Gasteiger partial charge in [0.25, 0.3) is 5.91 Å². The summed E-state index contributed by atoms with van der Waals surface area (Å²) in [6.45, 7) is 4.70. The van der Waals surface area contributed by atoms with Crippen LogP contribution in [0.4, 0.5) is 10.5 Å². The lowest BCUT2D eigenvalue weighted by atomic mass is 10.1. The average Bonchev–Trinajstić information content (AvgIpc) is 2.43. The van der Waals surface area contributed by atoms with Gasteiger partial charge in [0.1, 0.15) is 0 Å². The number of primary amides is 1. The molecule has 1 atom stereocenters. The second-order valence-corrected chi connectivity index (χ2v) is 5.18. The van der Waals surface area contributed by atoms with E-state index in [2.05, 4.69) is 5.32 Å². The zero-order chi connectivity index (χ0) is 17.6. The standard InChI is InChI=1S/C15H19N3O5/c1-8(2)12(13(20)18-15(16)22)23-14(21)10-4-6-11(7-5-10)17-9(3)19/h4-8,12H,1-3H3,(H,17,19)(H3,16,18,20,22)/t12-/m0/s1. The molecule has 23 heavy (non-hydrogen) atoms. The molecule has 4 amide bonds. The van der Waals surface area contributed by atoms with Gasteiger partial charge in [0.05, 0.1) is 5.56 Å². The fraction of sp³-hybridized carbons (Fsp3) is 0.333. The van der Waals surface area contributed by atoms with Gasteiger partial charge in [-0.2, -0.15) is 0 Å². The lowest BCUT2D eigenvalue weighted by molar-refractivity contribution is -0.130. The van der Waals surface area contributed by atoms with Crippen LogP contribution in [0.3, 0.4) is 0 Å². The number of ether oxygens (including phenoxy) is 1. The van der Waals surface area contributed by atoms with E-state index in [1.807, 2.05) is 5.32 Å². The summed E-state index contributed by atoms with van der Waals surface area (Å²) in [5, 5.41) is 4.45. The van der Waals surface area contributed by atoms with Gasteiger partial charge in [-0.05, 0) is 30.2 Å². The third-order valence-corrected chi connectivity index (χ3v) is 2.79. The predicted octanol–water partition coefficient (Wildman–Crippen LogP) is 1.02. The van der Waals surface area contributed by atoms with Gasteiger partial charge in [-0.25, -0.2) is 9.59 Å². The number of rotatable bonds is 5. The molecule has 1 aromatic carbocycles. The van der Waals surface area contributed by atoms with E-state index in [4.69, 9.17) is 10.5 Å². The van der Waals surface area contributed by atoms with Gasteiger partial charge in [0.2, 0.25) is 5.91 Å². The zero-order valence-electron chi connectivity index (χ0n) is 13.1. The van der Waals surface area contributed by atoms with E-state index >= 15 is 0 Å². The molecule has 0 radical (unpaired) electrons. The minimum atomic E-state index is -1.15. The third kappa shape index (κ3) is 5.77. The summed E-state index contributed by atoms with van der Waals surface area (Å²) in [5.41, 5.74) is 5.62. The molecule has 8 heteroatoms. The number of imide groups is 1. The number of amides is 4. The van der Waals surface area contributed by atoms with Crippen molar-refractivity contribution in [2.45, 2.75) is 26.9 Å². The van der Waals surface area contributed by atoms with Gasteiger partial charge in [-0.15, -0.1) is 0 Å². The number of hydrogen-bond acceptors (Lipinski definition) is 5. The number of esters is 1. The van der Waals surface area contributed by atoms with Crippen LogP contribution in [-0.4, -0.2) is 29.9 Å². The highest BCUT2D eigenvalue weighted by atomic mass is 16.5. The van der Waals surface area contributed by atoms with Gasteiger partial charge in [-0.3, -0.25) is 14.9 Å². The largest absolute Gasteiger partial charge is 0.448 e. The summed E-state index contributed by atoms with van der Waals surface area (Å²) >= 11 is 0. The Kier molecular flexibility index (Phi) is 6.25. The normalized spacial score (nSPS) is 11.5. The highest BCUT2D eigenvalue weighted by molar-refractivity contribution is 5.98. The summed E-state index contributed by atoms with van der Waals surface area (Å²) in [4.78, 5) is 45.5. The minimum absolute atomic E-state index is 0.205. The molecule has 1 aromatic rings. The average molecular weight is 321 g/mol. The molecule has 0 aliphatic heterocycles. The van der Waals surface area contributed by atoms with Gasteiger partial charge in [0, 0.05) is 12.6 Å². The van der Waals surface area contributed by atoms with E-state index in [-0.39, 0.29) is 17.4 Å². The van der Waals surface area contributed by atoms with Crippen molar-refractivity contribution in [1.29, 1.82) is 0 Å². The van der Waals surface area contributed by atoms with E-state index in [0.717, 1.165) is 0 Å². The van der Waals surface area contributed by atoms with Crippen molar-refractivity contribution in [2.24, 2.45) is 11.7 Å².